The van der Waals surface area contributed by atoms with Crippen molar-refractivity contribution < 1.29 is 8.78 Å². The molecule has 90 valence electrons. The van der Waals surface area contributed by atoms with Gasteiger partial charge in [-0.15, -0.1) is 0 Å². The number of aryl methyl sites for hydroxylation is 1. The average Bonchev–Trinajstić information content (AvgIpc) is 2.56. The van der Waals surface area contributed by atoms with E-state index in [9.17, 15) is 8.78 Å². The van der Waals surface area contributed by atoms with E-state index in [4.69, 9.17) is 17.3 Å². The molecule has 2 aromatic rings. The topological polar surface area (TPSA) is 43.8 Å². The first-order valence-electron chi connectivity index (χ1n) is 4.88. The molecule has 1 atom stereocenters. The number of benzene rings is 1. The standard InChI is InChI=1S/C11H10ClF2N3/c1-17-11(9(12)5-16-17)10(15)6-2-7(13)4-8(14)3-6/h2-5,10H,15H2,1H3. The number of nitrogens with two attached hydrogens (primary N) is 1. The molecule has 1 heterocycles. The Bertz CT molecular complexity index is 514. The second-order valence-electron chi connectivity index (χ2n) is 3.68. The molecule has 0 spiro atoms. The summed E-state index contributed by atoms with van der Waals surface area (Å²) < 4.78 is 27.6. The van der Waals surface area contributed by atoms with Gasteiger partial charge in [0.05, 0.1) is 23.0 Å². The van der Waals surface area contributed by atoms with Crippen LogP contribution in [-0.4, -0.2) is 9.78 Å². The molecule has 17 heavy (non-hydrogen) atoms. The monoisotopic (exact) mass is 257 g/mol. The van der Waals surface area contributed by atoms with Gasteiger partial charge in [0.2, 0.25) is 0 Å². The van der Waals surface area contributed by atoms with E-state index in [0.717, 1.165) is 6.07 Å². The molecule has 0 radical (unpaired) electrons. The Labute approximate surface area is 102 Å². The Hall–Kier alpha value is -1.46. The molecule has 2 rings (SSSR count). The zero-order valence-corrected chi connectivity index (χ0v) is 9.75. The summed E-state index contributed by atoms with van der Waals surface area (Å²) in [5.74, 6) is -1.34. The van der Waals surface area contributed by atoms with Crippen LogP contribution in [0, 0.1) is 11.6 Å². The van der Waals surface area contributed by atoms with E-state index in [2.05, 4.69) is 5.10 Å². The highest BCUT2D eigenvalue weighted by Gasteiger charge is 2.18. The van der Waals surface area contributed by atoms with Crippen molar-refractivity contribution in [2.24, 2.45) is 12.8 Å². The van der Waals surface area contributed by atoms with Gasteiger partial charge in [-0.2, -0.15) is 5.10 Å². The van der Waals surface area contributed by atoms with Gasteiger partial charge in [0.25, 0.3) is 0 Å². The van der Waals surface area contributed by atoms with E-state index < -0.39 is 17.7 Å². The summed E-state index contributed by atoms with van der Waals surface area (Å²) in [5.41, 5.74) is 6.75. The molecule has 2 N–H and O–H groups in total. The maximum Gasteiger partial charge on any atom is 0.126 e. The third kappa shape index (κ3) is 2.30. The molecular weight excluding hydrogens is 248 g/mol. The molecule has 0 saturated heterocycles. The first-order chi connectivity index (χ1) is 7.99. The third-order valence-electron chi connectivity index (χ3n) is 2.48. The van der Waals surface area contributed by atoms with Gasteiger partial charge in [-0.25, -0.2) is 8.78 Å². The predicted octanol–water partition coefficient (Wildman–Crippen LogP) is 2.40. The fraction of sp³-hybridized carbons (Fsp3) is 0.182. The lowest BCUT2D eigenvalue weighted by Gasteiger charge is -2.13. The Morgan fingerprint density at radius 2 is 1.88 bits per heavy atom. The lowest BCUT2D eigenvalue weighted by Crippen LogP contribution is -2.16. The Balaban J connectivity index is 2.47. The van der Waals surface area contributed by atoms with E-state index in [1.54, 1.807) is 7.05 Å². The highest BCUT2D eigenvalue weighted by atomic mass is 35.5. The fourth-order valence-corrected chi connectivity index (χ4v) is 1.97. The van der Waals surface area contributed by atoms with Crippen molar-refractivity contribution in [1.29, 1.82) is 0 Å². The number of halogens is 3. The molecule has 1 aromatic carbocycles. The van der Waals surface area contributed by atoms with Crippen LogP contribution in [0.15, 0.2) is 24.4 Å². The Morgan fingerprint density at radius 3 is 2.35 bits per heavy atom. The van der Waals surface area contributed by atoms with Crippen LogP contribution >= 0.6 is 11.6 Å². The lowest BCUT2D eigenvalue weighted by atomic mass is 10.0. The Morgan fingerprint density at radius 1 is 1.29 bits per heavy atom. The number of hydrogen-bond donors (Lipinski definition) is 1. The second-order valence-corrected chi connectivity index (χ2v) is 4.09. The van der Waals surface area contributed by atoms with E-state index in [1.165, 1.54) is 23.0 Å². The molecule has 1 unspecified atom stereocenters. The quantitative estimate of drug-likeness (QED) is 0.898. The molecule has 6 heteroatoms. The summed E-state index contributed by atoms with van der Waals surface area (Å²) in [7, 11) is 1.66. The van der Waals surface area contributed by atoms with Gasteiger partial charge >= 0.3 is 0 Å². The number of hydrogen-bond acceptors (Lipinski definition) is 2. The molecule has 0 aliphatic carbocycles. The van der Waals surface area contributed by atoms with Crippen molar-refractivity contribution in [2.75, 3.05) is 0 Å². The van der Waals surface area contributed by atoms with Crippen LogP contribution in [0.25, 0.3) is 0 Å². The van der Waals surface area contributed by atoms with Gasteiger partial charge in [0, 0.05) is 13.1 Å². The van der Waals surface area contributed by atoms with Crippen LogP contribution in [0.2, 0.25) is 5.02 Å². The summed E-state index contributed by atoms with van der Waals surface area (Å²) in [6, 6.07) is 2.43. The minimum Gasteiger partial charge on any atom is -0.319 e. The molecule has 0 saturated carbocycles. The van der Waals surface area contributed by atoms with E-state index in [1.807, 2.05) is 0 Å². The first-order valence-corrected chi connectivity index (χ1v) is 5.26. The van der Waals surface area contributed by atoms with E-state index >= 15 is 0 Å². The van der Waals surface area contributed by atoms with Crippen molar-refractivity contribution >= 4 is 11.6 Å². The molecule has 0 bridgehead atoms. The predicted molar refractivity (Wildman–Crippen MR) is 60.6 cm³/mol. The summed E-state index contributed by atoms with van der Waals surface area (Å²) in [4.78, 5) is 0. The highest BCUT2D eigenvalue weighted by molar-refractivity contribution is 6.31. The van der Waals surface area contributed by atoms with Gasteiger partial charge in [0.15, 0.2) is 0 Å². The SMILES string of the molecule is Cn1ncc(Cl)c1C(N)c1cc(F)cc(F)c1. The minimum atomic E-state index is -0.722. The molecule has 0 fully saturated rings. The first kappa shape index (κ1) is 12.0. The molecule has 0 aliphatic heterocycles. The average molecular weight is 258 g/mol. The van der Waals surface area contributed by atoms with Crippen LogP contribution in [0.4, 0.5) is 8.78 Å². The second kappa shape index (κ2) is 4.43. The summed E-state index contributed by atoms with van der Waals surface area (Å²) >= 11 is 5.92. The minimum absolute atomic E-state index is 0.313. The van der Waals surface area contributed by atoms with Crippen molar-refractivity contribution in [2.45, 2.75) is 6.04 Å². The zero-order chi connectivity index (χ0) is 12.6. The van der Waals surface area contributed by atoms with Crippen LogP contribution in [-0.2, 0) is 7.05 Å². The van der Waals surface area contributed by atoms with Crippen molar-refractivity contribution in [1.82, 2.24) is 9.78 Å². The fourth-order valence-electron chi connectivity index (χ4n) is 1.68. The van der Waals surface area contributed by atoms with Crippen molar-refractivity contribution in [3.63, 3.8) is 0 Å². The van der Waals surface area contributed by atoms with Crippen molar-refractivity contribution in [3.05, 3.63) is 52.3 Å². The molecule has 0 aliphatic rings. The molecule has 3 nitrogen and oxygen atoms in total. The third-order valence-corrected chi connectivity index (χ3v) is 2.77. The van der Waals surface area contributed by atoms with Crippen LogP contribution < -0.4 is 5.73 Å². The van der Waals surface area contributed by atoms with Crippen LogP contribution in [0.1, 0.15) is 17.3 Å². The number of aromatic nitrogens is 2. The van der Waals surface area contributed by atoms with Crippen LogP contribution in [0.5, 0.6) is 0 Å². The van der Waals surface area contributed by atoms with Gasteiger partial charge in [-0.3, -0.25) is 4.68 Å². The maximum absolute atomic E-state index is 13.1. The van der Waals surface area contributed by atoms with Crippen molar-refractivity contribution in [3.8, 4) is 0 Å². The normalized spacial score (nSPS) is 12.8. The summed E-state index contributed by atoms with van der Waals surface area (Å²) in [6.45, 7) is 0. The molecular formula is C11H10ClF2N3. The van der Waals surface area contributed by atoms with Crippen LogP contribution in [0.3, 0.4) is 0 Å². The van der Waals surface area contributed by atoms with Gasteiger partial charge in [0.1, 0.15) is 11.6 Å². The summed E-state index contributed by atoms with van der Waals surface area (Å²) in [6.07, 6.45) is 1.44. The molecule has 0 amide bonds. The lowest BCUT2D eigenvalue weighted by molar-refractivity contribution is 0.574. The zero-order valence-electron chi connectivity index (χ0n) is 8.99. The smallest absolute Gasteiger partial charge is 0.126 e. The summed E-state index contributed by atoms with van der Waals surface area (Å²) in [5, 5.41) is 4.29. The number of nitrogens with zero attached hydrogens (tertiary/aromatic N) is 2. The largest absolute Gasteiger partial charge is 0.319 e. The van der Waals surface area contributed by atoms with Gasteiger partial charge in [-0.1, -0.05) is 11.6 Å². The van der Waals surface area contributed by atoms with E-state index in [0.29, 0.717) is 16.3 Å². The molecule has 1 aromatic heterocycles. The maximum atomic E-state index is 13.1. The highest BCUT2D eigenvalue weighted by Crippen LogP contribution is 2.26. The van der Waals surface area contributed by atoms with E-state index in [-0.39, 0.29) is 0 Å². The van der Waals surface area contributed by atoms with Gasteiger partial charge in [-0.05, 0) is 17.7 Å². The van der Waals surface area contributed by atoms with Gasteiger partial charge < -0.3 is 5.73 Å². The number of rotatable bonds is 2. The Kier molecular flexibility index (Phi) is 3.13.